The number of benzene rings is 2. The van der Waals surface area contributed by atoms with Crippen LogP contribution in [0.15, 0.2) is 46.4 Å². The minimum absolute atomic E-state index is 0.0752. The van der Waals surface area contributed by atoms with Crippen LogP contribution in [-0.2, 0) is 27.6 Å². The summed E-state index contributed by atoms with van der Waals surface area (Å²) in [4.78, 5) is 30.8. The van der Waals surface area contributed by atoms with E-state index in [0.29, 0.717) is 16.7 Å². The summed E-state index contributed by atoms with van der Waals surface area (Å²) in [6.45, 7) is 4.06. The molecule has 2 heterocycles. The summed E-state index contributed by atoms with van der Waals surface area (Å²) in [6, 6.07) is 7.59. The minimum Gasteiger partial charge on any atom is -0.491 e. The lowest BCUT2D eigenvalue weighted by molar-refractivity contribution is -0.120. The van der Waals surface area contributed by atoms with Gasteiger partial charge in [-0.15, -0.1) is 0 Å². The van der Waals surface area contributed by atoms with Gasteiger partial charge in [0.25, 0.3) is 5.91 Å². The van der Waals surface area contributed by atoms with E-state index in [-0.39, 0.29) is 43.2 Å². The van der Waals surface area contributed by atoms with E-state index in [2.05, 4.69) is 10.3 Å². The number of carbonyl (C=O) groups is 2. The number of hydrogen-bond acceptors (Lipinski definition) is 8. The Morgan fingerprint density at radius 3 is 2.68 bits per heavy atom. The molecule has 1 unspecified atom stereocenters. The van der Waals surface area contributed by atoms with E-state index < -0.39 is 32.5 Å². The van der Waals surface area contributed by atoms with Gasteiger partial charge in [-0.25, -0.2) is 17.8 Å². The van der Waals surface area contributed by atoms with Crippen LogP contribution in [0, 0.1) is 5.82 Å². The van der Waals surface area contributed by atoms with Gasteiger partial charge < -0.3 is 20.7 Å². The van der Waals surface area contributed by atoms with E-state index in [9.17, 15) is 18.0 Å². The van der Waals surface area contributed by atoms with E-state index in [1.165, 1.54) is 17.8 Å². The lowest BCUT2D eigenvalue weighted by Gasteiger charge is -2.22. The Morgan fingerprint density at radius 2 is 2.05 bits per heavy atom. The molecule has 0 bridgehead atoms. The van der Waals surface area contributed by atoms with Crippen LogP contribution in [0.4, 0.5) is 4.39 Å². The highest BCUT2D eigenvalue weighted by Gasteiger charge is 2.27. The van der Waals surface area contributed by atoms with E-state index in [4.69, 9.17) is 10.5 Å². The quantitative estimate of drug-likeness (QED) is 0.575. The number of amides is 2. The molecule has 0 aliphatic carbocycles. The molecule has 202 valence electrons. The van der Waals surface area contributed by atoms with Crippen LogP contribution in [-0.4, -0.2) is 61.5 Å². The second kappa shape index (κ2) is 11.3. The van der Waals surface area contributed by atoms with Crippen LogP contribution >= 0.6 is 11.8 Å². The molecule has 2 aliphatic rings. The number of fused-ring (bicyclic) bond motifs is 1. The molecule has 0 aromatic heterocycles. The highest BCUT2D eigenvalue weighted by atomic mass is 32.2. The second-order valence-electron chi connectivity index (χ2n) is 9.08. The summed E-state index contributed by atoms with van der Waals surface area (Å²) in [6.07, 6.45) is 2.80. The maximum Gasteiger partial charge on any atom is 0.254 e. The van der Waals surface area contributed by atoms with Crippen molar-refractivity contribution in [2.24, 2.45) is 10.7 Å². The summed E-state index contributed by atoms with van der Waals surface area (Å²) in [5.74, 6) is -0.359. The number of carbonyl (C=O) groups excluding carboxylic acids is 2. The van der Waals surface area contributed by atoms with Crippen LogP contribution in [0.25, 0.3) is 5.57 Å². The number of nitrogens with one attached hydrogen (secondary N) is 1. The Hall–Kier alpha value is -3.22. The van der Waals surface area contributed by atoms with E-state index in [0.717, 1.165) is 29.0 Å². The minimum atomic E-state index is -3.77. The number of thioether (sulfide) groups is 1. The zero-order valence-corrected chi connectivity index (χ0v) is 22.9. The zero-order chi connectivity index (χ0) is 27.6. The molecule has 2 aromatic carbocycles. The topological polar surface area (TPSA) is 131 Å². The van der Waals surface area contributed by atoms with Gasteiger partial charge in [0.1, 0.15) is 23.1 Å². The molecule has 0 saturated heterocycles. The van der Waals surface area contributed by atoms with Gasteiger partial charge in [0.05, 0.1) is 12.6 Å². The number of nitrogens with zero attached hydrogens (tertiary/aromatic N) is 2. The highest BCUT2D eigenvalue weighted by molar-refractivity contribution is 8.14. The van der Waals surface area contributed by atoms with Crippen LogP contribution in [0.3, 0.4) is 0 Å². The van der Waals surface area contributed by atoms with Gasteiger partial charge in [-0.05, 0) is 48.7 Å². The number of halogens is 1. The number of hydrogen-bond donors (Lipinski definition) is 2. The van der Waals surface area contributed by atoms with E-state index in [1.54, 1.807) is 24.9 Å². The van der Waals surface area contributed by atoms with E-state index >= 15 is 4.39 Å². The molecular weight excluding hydrogens is 531 g/mol. The monoisotopic (exact) mass is 560 g/mol. The van der Waals surface area contributed by atoms with Crippen molar-refractivity contribution < 1.29 is 27.1 Å². The first-order valence-electron chi connectivity index (χ1n) is 12.0. The van der Waals surface area contributed by atoms with Gasteiger partial charge in [0.2, 0.25) is 5.91 Å². The molecular formula is C26H29FN4O5S2. The largest absolute Gasteiger partial charge is 0.491 e. The molecule has 3 N–H and O–H groups in total. The maximum atomic E-state index is 15.0. The fourth-order valence-corrected chi connectivity index (χ4v) is 5.77. The highest BCUT2D eigenvalue weighted by Crippen LogP contribution is 2.31. The second-order valence-corrected chi connectivity index (χ2v) is 12.0. The van der Waals surface area contributed by atoms with Crippen molar-refractivity contribution in [2.45, 2.75) is 37.8 Å². The molecule has 2 amide bonds. The summed E-state index contributed by atoms with van der Waals surface area (Å²) >= 11 is 1.38. The van der Waals surface area contributed by atoms with Crippen LogP contribution in [0.1, 0.15) is 40.9 Å². The molecule has 1 atom stereocenters. The van der Waals surface area contributed by atoms with Gasteiger partial charge in [0.15, 0.2) is 15.0 Å². The standard InChI is InChI=1S/C26H29FN4O5S2/c1-4-19-20(6-8-22(23(19)27)38(3,34)35)25(33)31-9-10-36-21-7-5-16(11-17(21)13-31)18-12-29-26(37-14-18)30-24(32)15(2)28/h5-8,11-12,15H,4,9-10,13-14,28H2,1-3H3,(H,29,30,32). The maximum absolute atomic E-state index is 15.0. The third-order valence-corrected chi connectivity index (χ3v) is 8.29. The Bertz CT molecular complexity index is 1450. The van der Waals surface area contributed by atoms with Gasteiger partial charge >= 0.3 is 0 Å². The van der Waals surface area contributed by atoms with Crippen molar-refractivity contribution in [1.29, 1.82) is 0 Å². The molecule has 9 nitrogen and oxygen atoms in total. The third-order valence-electron chi connectivity index (χ3n) is 6.24. The number of ether oxygens (including phenoxy) is 1. The number of sulfone groups is 1. The average Bonchev–Trinajstić information content (AvgIpc) is 3.09. The Labute approximate surface area is 225 Å². The van der Waals surface area contributed by atoms with Crippen LogP contribution in [0.2, 0.25) is 0 Å². The van der Waals surface area contributed by atoms with Crippen molar-refractivity contribution >= 4 is 44.2 Å². The first kappa shape index (κ1) is 27.8. The van der Waals surface area contributed by atoms with Gasteiger partial charge in [-0.3, -0.25) is 9.59 Å². The molecule has 4 rings (SSSR count). The normalized spacial score (nSPS) is 16.4. The Morgan fingerprint density at radius 1 is 1.29 bits per heavy atom. The summed E-state index contributed by atoms with van der Waals surface area (Å²) in [5, 5.41) is 3.17. The lowest BCUT2D eigenvalue weighted by atomic mass is 10.0. The Balaban J connectivity index is 1.59. The van der Waals surface area contributed by atoms with Crippen LogP contribution < -0.4 is 15.8 Å². The number of aliphatic imine (C=N–C) groups is 1. The van der Waals surface area contributed by atoms with Gasteiger partial charge in [-0.1, -0.05) is 24.8 Å². The summed E-state index contributed by atoms with van der Waals surface area (Å²) in [7, 11) is -3.77. The van der Waals surface area contributed by atoms with E-state index in [1.807, 2.05) is 18.2 Å². The Kier molecular flexibility index (Phi) is 8.24. The SMILES string of the molecule is CCc1c(C(=O)N2CCOc3ccc(C4=CN=C(NC(=O)C(C)N)SC4)cc3C2)ccc(S(C)(=O)=O)c1F. The predicted molar refractivity (Wildman–Crippen MR) is 145 cm³/mol. The fraction of sp³-hybridized carbons (Fsp3) is 0.346. The summed E-state index contributed by atoms with van der Waals surface area (Å²) < 4.78 is 44.8. The van der Waals surface area contributed by atoms with Gasteiger partial charge in [-0.2, -0.15) is 0 Å². The molecule has 12 heteroatoms. The van der Waals surface area contributed by atoms with Crippen LogP contribution in [0.5, 0.6) is 5.75 Å². The molecule has 38 heavy (non-hydrogen) atoms. The summed E-state index contributed by atoms with van der Waals surface area (Å²) in [5.41, 5.74) is 8.42. The van der Waals surface area contributed by atoms with Crippen molar-refractivity contribution in [2.75, 3.05) is 25.2 Å². The van der Waals surface area contributed by atoms with Gasteiger partial charge in [0, 0.05) is 41.4 Å². The van der Waals surface area contributed by atoms with Crippen molar-refractivity contribution in [3.05, 3.63) is 64.6 Å². The van der Waals surface area contributed by atoms with Crippen molar-refractivity contribution in [3.8, 4) is 5.75 Å². The molecule has 2 aliphatic heterocycles. The third kappa shape index (κ3) is 5.92. The fourth-order valence-electron chi connectivity index (χ4n) is 4.17. The molecule has 2 aromatic rings. The first-order chi connectivity index (χ1) is 18.0. The lowest BCUT2D eigenvalue weighted by Crippen LogP contribution is -2.40. The average molecular weight is 561 g/mol. The number of nitrogens with two attached hydrogens (primary N) is 1. The molecule has 0 radical (unpaired) electrons. The predicted octanol–water partition coefficient (Wildman–Crippen LogP) is 2.73. The van der Waals surface area contributed by atoms with Crippen molar-refractivity contribution in [3.63, 3.8) is 0 Å². The molecule has 0 spiro atoms. The zero-order valence-electron chi connectivity index (χ0n) is 21.3. The first-order valence-corrected chi connectivity index (χ1v) is 14.9. The van der Waals surface area contributed by atoms with Crippen molar-refractivity contribution in [1.82, 2.24) is 10.2 Å². The smallest absolute Gasteiger partial charge is 0.254 e. The molecule has 0 fully saturated rings. The number of amidine groups is 1. The molecule has 0 saturated carbocycles. The number of rotatable bonds is 5.